The third kappa shape index (κ3) is 1.82. The Morgan fingerprint density at radius 1 is 0.738 bits per heavy atom. The molecule has 7 unspecified atom stereocenters. The van der Waals surface area contributed by atoms with Crippen molar-refractivity contribution in [2.45, 2.75) is 38.9 Å². The summed E-state index contributed by atoms with van der Waals surface area (Å²) in [5, 5.41) is 39.1. The van der Waals surface area contributed by atoms with Gasteiger partial charge in [0.15, 0.2) is 0 Å². The minimum atomic E-state index is -0.706. The van der Waals surface area contributed by atoms with Crippen molar-refractivity contribution < 1.29 is 10.2 Å². The molecule has 4 saturated carbocycles. The van der Waals surface area contributed by atoms with Crippen molar-refractivity contribution >= 4 is 55.5 Å². The van der Waals surface area contributed by atoms with Crippen LogP contribution in [-0.4, -0.2) is 21.3 Å². The Balaban J connectivity index is 1.13. The topological polar surface area (TPSA) is 56.0 Å². The summed E-state index contributed by atoms with van der Waals surface area (Å²) in [6.07, 6.45) is 5.23. The summed E-state index contributed by atoms with van der Waals surface area (Å²) in [5.41, 5.74) is 3.39. The minimum Gasteiger partial charge on any atom is -0.851 e. The molecule has 42 heavy (non-hydrogen) atoms. The molecule has 4 aliphatic carbocycles. The second-order valence-corrected chi connectivity index (χ2v) is 14.7. The molecule has 208 valence electrons. The van der Waals surface area contributed by atoms with Gasteiger partial charge in [0, 0.05) is 57.4 Å². The van der Waals surface area contributed by atoms with E-state index in [1.54, 1.807) is 0 Å². The number of nitrogens with zero attached hydrogens (tertiary/aromatic N) is 2. The quantitative estimate of drug-likeness (QED) is 0.331. The van der Waals surface area contributed by atoms with Crippen molar-refractivity contribution in [1.29, 1.82) is 0 Å². The first-order chi connectivity index (χ1) is 20.3. The molecule has 0 aliphatic heterocycles. The van der Waals surface area contributed by atoms with E-state index in [9.17, 15) is 10.2 Å². The highest BCUT2D eigenvalue weighted by atomic mass is 16.3. The van der Waals surface area contributed by atoms with Gasteiger partial charge in [0.1, 0.15) is 0 Å². The fraction of sp³-hybridized carbons (Fsp3) is 0.368. The van der Waals surface area contributed by atoms with E-state index in [-0.39, 0.29) is 22.2 Å². The van der Waals surface area contributed by atoms with Gasteiger partial charge >= 0.3 is 0 Å². The molecule has 4 fully saturated rings. The average molecular weight is 549 g/mol. The number of benzene rings is 4. The molecule has 4 aliphatic rings. The normalized spacial score (nSPS) is 39.7. The number of aromatic nitrogens is 2. The monoisotopic (exact) mass is 548 g/mol. The molecule has 6 aromatic rings. The van der Waals surface area contributed by atoms with Crippen molar-refractivity contribution in [2.24, 2.45) is 47.6 Å². The molecule has 4 nitrogen and oxygen atoms in total. The van der Waals surface area contributed by atoms with Crippen molar-refractivity contribution in [3.05, 3.63) is 82.5 Å². The van der Waals surface area contributed by atoms with Crippen LogP contribution in [0.5, 0.6) is 0 Å². The van der Waals surface area contributed by atoms with Gasteiger partial charge in [0.05, 0.1) is 0 Å². The van der Waals surface area contributed by atoms with E-state index in [1.807, 2.05) is 0 Å². The van der Waals surface area contributed by atoms with Gasteiger partial charge in [-0.05, 0) is 94.2 Å². The largest absolute Gasteiger partial charge is 0.851 e. The third-order valence-electron chi connectivity index (χ3n) is 14.0. The van der Waals surface area contributed by atoms with Gasteiger partial charge in [0.2, 0.25) is 0 Å². The van der Waals surface area contributed by atoms with E-state index in [0.717, 1.165) is 18.2 Å². The Hall–Kier alpha value is -3.60. The SMILES string of the molecule is Cc1ccc2c3c1cccc3/c(=C\C1C34CC5(CC6C13C([O-])[C@]65/C=c1\c3cccc5c(C)ccc(c53)n1C)C4[O-])n2C. The van der Waals surface area contributed by atoms with Gasteiger partial charge in [-0.15, -0.1) is 12.2 Å². The highest BCUT2D eigenvalue weighted by Crippen LogP contribution is 3.08. The number of rotatable bonds is 2. The maximum Gasteiger partial charge on any atom is 0.0494 e. The fourth-order valence-electron chi connectivity index (χ4n) is 12.3. The van der Waals surface area contributed by atoms with Crippen molar-refractivity contribution in [2.75, 3.05) is 0 Å². The molecule has 4 aromatic carbocycles. The molecule has 8 atom stereocenters. The van der Waals surface area contributed by atoms with Crippen LogP contribution in [0.15, 0.2) is 60.7 Å². The summed E-state index contributed by atoms with van der Waals surface area (Å²) in [6, 6.07) is 22.0. The highest BCUT2D eigenvalue weighted by molar-refractivity contribution is 6.12. The molecule has 0 saturated heterocycles. The number of fused-ring (bicyclic) bond motifs is 4. The predicted molar refractivity (Wildman–Crippen MR) is 163 cm³/mol. The molecule has 0 amide bonds. The lowest BCUT2D eigenvalue weighted by molar-refractivity contribution is -0.637. The van der Waals surface area contributed by atoms with Crippen LogP contribution in [0.2, 0.25) is 0 Å². The highest BCUT2D eigenvalue weighted by Gasteiger charge is 3.04. The van der Waals surface area contributed by atoms with E-state index in [1.165, 1.54) is 59.8 Å². The van der Waals surface area contributed by atoms with Crippen LogP contribution < -0.4 is 20.9 Å². The molecule has 10 rings (SSSR count). The van der Waals surface area contributed by atoms with E-state index in [0.29, 0.717) is 5.92 Å². The van der Waals surface area contributed by atoms with Gasteiger partial charge in [-0.3, -0.25) is 0 Å². The van der Waals surface area contributed by atoms with Crippen LogP contribution >= 0.6 is 0 Å². The third-order valence-corrected chi connectivity index (χ3v) is 14.0. The smallest absolute Gasteiger partial charge is 0.0494 e. The molecule has 0 radical (unpaired) electrons. The Labute approximate surface area is 243 Å². The average Bonchev–Trinajstić information content (AvgIpc) is 3.49. The van der Waals surface area contributed by atoms with Crippen molar-refractivity contribution in [3.8, 4) is 0 Å². The van der Waals surface area contributed by atoms with Gasteiger partial charge < -0.3 is 19.3 Å². The first-order valence-electron chi connectivity index (χ1n) is 15.5. The lowest BCUT2D eigenvalue weighted by atomic mass is 9.15. The molecular formula is C38H32N2O2-2. The van der Waals surface area contributed by atoms with Crippen LogP contribution in [0, 0.1) is 47.3 Å². The van der Waals surface area contributed by atoms with Crippen LogP contribution in [0.3, 0.4) is 0 Å². The molecule has 4 heteroatoms. The van der Waals surface area contributed by atoms with E-state index in [4.69, 9.17) is 0 Å². The summed E-state index contributed by atoms with van der Waals surface area (Å²) >= 11 is 0. The Kier molecular flexibility index (Phi) is 3.46. The zero-order valence-corrected chi connectivity index (χ0v) is 24.4. The predicted octanol–water partition coefficient (Wildman–Crippen LogP) is 3.78. The maximum atomic E-state index is 14.8. The lowest BCUT2D eigenvalue weighted by Gasteiger charge is -2.96. The number of aryl methyl sites for hydroxylation is 4. The van der Waals surface area contributed by atoms with Gasteiger partial charge in [0.25, 0.3) is 0 Å². The Morgan fingerprint density at radius 3 is 1.90 bits per heavy atom. The van der Waals surface area contributed by atoms with Crippen molar-refractivity contribution in [1.82, 2.24) is 9.13 Å². The number of hydrogen-bond acceptors (Lipinski definition) is 2. The van der Waals surface area contributed by atoms with Gasteiger partial charge in [-0.1, -0.05) is 60.7 Å². The number of hydrogen-bond donors (Lipinski definition) is 0. The molecule has 0 N–H and O–H groups in total. The van der Waals surface area contributed by atoms with Crippen molar-refractivity contribution in [3.63, 3.8) is 0 Å². The van der Waals surface area contributed by atoms with Gasteiger partial charge in [-0.2, -0.15) is 0 Å². The second-order valence-electron chi connectivity index (χ2n) is 14.7. The standard InChI is InChI=1S/C38H32N2O2/c1-19-11-13-25-31-21(19)7-5-9-23(31)27(39(25)3)15-29-37-18-35(33(37)41)17-30-36(35,34(42)38(29,30)37)16-28-24-10-6-8-22-20(2)12-14-26(32(22)24)40(28)4/h5-16,29-30,33-34H,17-18H2,1-4H3/q-2/b27-15+,28-16+/t29?,30?,33?,34?,35?,36-,37?,38?/m0/s1. The Morgan fingerprint density at radius 2 is 1.31 bits per heavy atom. The Bertz CT molecular complexity index is 2380. The van der Waals surface area contributed by atoms with Crippen LogP contribution in [0.4, 0.5) is 0 Å². The lowest BCUT2D eigenvalue weighted by Crippen LogP contribution is -2.95. The fourth-order valence-corrected chi connectivity index (χ4v) is 12.3. The molecule has 3 spiro atoms. The zero-order chi connectivity index (χ0) is 28.3. The van der Waals surface area contributed by atoms with Crippen LogP contribution in [0.1, 0.15) is 24.0 Å². The minimum absolute atomic E-state index is 0.0809. The summed E-state index contributed by atoms with van der Waals surface area (Å²) in [7, 11) is 4.28. The van der Waals surface area contributed by atoms with Gasteiger partial charge in [-0.25, -0.2) is 0 Å². The van der Waals surface area contributed by atoms with Crippen LogP contribution in [0.25, 0.3) is 55.5 Å². The molecule has 2 aromatic heterocycles. The molecule has 2 heterocycles. The second kappa shape index (κ2) is 6.34. The van der Waals surface area contributed by atoms with E-state index >= 15 is 0 Å². The zero-order valence-electron chi connectivity index (χ0n) is 24.4. The summed E-state index contributed by atoms with van der Waals surface area (Å²) in [4.78, 5) is 0. The first-order valence-corrected chi connectivity index (χ1v) is 15.5. The summed E-state index contributed by atoms with van der Waals surface area (Å²) in [6.45, 7) is 4.34. The maximum absolute atomic E-state index is 14.8. The first kappa shape index (κ1) is 22.9. The molecular weight excluding hydrogens is 516 g/mol. The van der Waals surface area contributed by atoms with E-state index < -0.39 is 17.6 Å². The summed E-state index contributed by atoms with van der Waals surface area (Å²) < 4.78 is 4.58. The van der Waals surface area contributed by atoms with Crippen LogP contribution in [-0.2, 0) is 14.1 Å². The summed E-state index contributed by atoms with van der Waals surface area (Å²) in [5.74, 6) is 0.406. The van der Waals surface area contributed by atoms with E-state index in [2.05, 4.69) is 110 Å². The molecule has 0 bridgehead atoms.